The monoisotopic (exact) mass is 299 g/mol. The molecule has 0 amide bonds. The maximum Gasteiger partial charge on any atom is 0.146 e. The normalized spacial score (nSPS) is 10.5. The lowest BCUT2D eigenvalue weighted by molar-refractivity contribution is 0.340. The molecule has 0 saturated heterocycles. The van der Waals surface area contributed by atoms with E-state index in [1.54, 1.807) is 18.2 Å². The first-order valence-corrected chi connectivity index (χ1v) is 6.45. The molecule has 0 aliphatic rings. The van der Waals surface area contributed by atoms with Crippen LogP contribution in [0.5, 0.6) is 5.75 Å². The molecule has 0 aromatic heterocycles. The second kappa shape index (κ2) is 5.68. The Bertz CT molecular complexity index is 617. The second-order valence-electron chi connectivity index (χ2n) is 3.93. The highest BCUT2D eigenvalue weighted by molar-refractivity contribution is 6.36. The minimum atomic E-state index is -0.487. The zero-order valence-electron chi connectivity index (χ0n) is 10.2. The van der Waals surface area contributed by atoms with E-state index in [-0.39, 0.29) is 5.69 Å². The summed E-state index contributed by atoms with van der Waals surface area (Å²) in [6, 6.07) is 7.78. The Hall–Kier alpha value is -1.45. The fraction of sp³-hybridized carbons (Fsp3) is 0.143. The van der Waals surface area contributed by atoms with Gasteiger partial charge < -0.3 is 10.5 Å². The summed E-state index contributed by atoms with van der Waals surface area (Å²) >= 11 is 12.3. The van der Waals surface area contributed by atoms with E-state index in [4.69, 9.17) is 33.7 Å². The Morgan fingerprint density at radius 2 is 1.89 bits per heavy atom. The van der Waals surface area contributed by atoms with E-state index in [9.17, 15) is 4.39 Å². The van der Waals surface area contributed by atoms with Gasteiger partial charge in [-0.05, 0) is 30.7 Å². The molecule has 0 spiro atoms. The third kappa shape index (κ3) is 2.94. The number of benzene rings is 2. The predicted molar refractivity (Wildman–Crippen MR) is 77.4 cm³/mol. The van der Waals surface area contributed by atoms with Gasteiger partial charge in [0.1, 0.15) is 11.6 Å². The van der Waals surface area contributed by atoms with E-state index in [1.807, 2.05) is 6.92 Å². The van der Waals surface area contributed by atoms with Crippen molar-refractivity contribution >= 4 is 28.9 Å². The molecule has 0 aliphatic heterocycles. The second-order valence-corrected chi connectivity index (χ2v) is 4.75. The molecule has 0 atom stereocenters. The maximum absolute atomic E-state index is 13.5. The molecular formula is C14H12Cl2FNO. The summed E-state index contributed by atoms with van der Waals surface area (Å²) in [5.74, 6) is 0.0207. The molecule has 0 unspecified atom stereocenters. The van der Waals surface area contributed by atoms with Crippen molar-refractivity contribution in [3.05, 3.63) is 46.2 Å². The van der Waals surface area contributed by atoms with Gasteiger partial charge in [-0.1, -0.05) is 29.3 Å². The van der Waals surface area contributed by atoms with Crippen LogP contribution in [0.1, 0.15) is 6.92 Å². The molecule has 2 aromatic carbocycles. The molecule has 0 radical (unpaired) electrons. The molecule has 0 aliphatic carbocycles. The zero-order valence-corrected chi connectivity index (χ0v) is 11.7. The highest BCUT2D eigenvalue weighted by atomic mass is 35.5. The van der Waals surface area contributed by atoms with Crippen LogP contribution in [0.2, 0.25) is 10.0 Å². The largest absolute Gasteiger partial charge is 0.492 e. The Kier molecular flexibility index (Phi) is 4.17. The summed E-state index contributed by atoms with van der Waals surface area (Å²) in [7, 11) is 0. The van der Waals surface area contributed by atoms with E-state index in [2.05, 4.69) is 0 Å². The fourth-order valence-electron chi connectivity index (χ4n) is 1.71. The number of ether oxygens (including phenoxy) is 1. The predicted octanol–water partition coefficient (Wildman–Crippen LogP) is 4.78. The molecule has 2 N–H and O–H groups in total. The standard InChI is InChI=1S/C14H12Cl2FNO/c1-2-19-14-7-10(15)9(6-11(14)16)8-3-4-13(18)12(17)5-8/h3-7H,2,18H2,1H3. The average molecular weight is 300 g/mol. The maximum atomic E-state index is 13.5. The Morgan fingerprint density at radius 1 is 1.16 bits per heavy atom. The first kappa shape index (κ1) is 14.0. The van der Waals surface area contributed by atoms with Gasteiger partial charge in [0, 0.05) is 11.6 Å². The lowest BCUT2D eigenvalue weighted by Gasteiger charge is -2.11. The van der Waals surface area contributed by atoms with Crippen molar-refractivity contribution in [1.29, 1.82) is 0 Å². The van der Waals surface area contributed by atoms with Gasteiger partial charge in [0.05, 0.1) is 22.3 Å². The zero-order chi connectivity index (χ0) is 14.0. The number of nitrogen functional groups attached to an aromatic ring is 1. The number of halogens is 3. The van der Waals surface area contributed by atoms with E-state index in [0.717, 1.165) is 0 Å². The van der Waals surface area contributed by atoms with Crippen LogP contribution in [0.3, 0.4) is 0 Å². The van der Waals surface area contributed by atoms with Gasteiger partial charge in [0.2, 0.25) is 0 Å². The Balaban J connectivity index is 2.50. The topological polar surface area (TPSA) is 35.2 Å². The van der Waals surface area contributed by atoms with Crippen LogP contribution < -0.4 is 10.5 Å². The molecule has 0 saturated carbocycles. The van der Waals surface area contributed by atoms with Crippen molar-refractivity contribution in [2.45, 2.75) is 6.92 Å². The number of nitrogens with two attached hydrogens (primary N) is 1. The van der Waals surface area contributed by atoms with E-state index < -0.39 is 5.82 Å². The first-order chi connectivity index (χ1) is 9.02. The van der Waals surface area contributed by atoms with Gasteiger partial charge in [-0.15, -0.1) is 0 Å². The van der Waals surface area contributed by atoms with Crippen molar-refractivity contribution in [3.8, 4) is 16.9 Å². The van der Waals surface area contributed by atoms with Crippen molar-refractivity contribution in [2.75, 3.05) is 12.3 Å². The van der Waals surface area contributed by atoms with Gasteiger partial charge >= 0.3 is 0 Å². The smallest absolute Gasteiger partial charge is 0.146 e. The Morgan fingerprint density at radius 3 is 2.53 bits per heavy atom. The van der Waals surface area contributed by atoms with Crippen LogP contribution in [-0.2, 0) is 0 Å². The molecule has 2 rings (SSSR count). The minimum Gasteiger partial charge on any atom is -0.492 e. The van der Waals surface area contributed by atoms with Gasteiger partial charge in [0.25, 0.3) is 0 Å². The van der Waals surface area contributed by atoms with Gasteiger partial charge in [-0.3, -0.25) is 0 Å². The molecule has 19 heavy (non-hydrogen) atoms. The molecule has 2 nitrogen and oxygen atoms in total. The third-order valence-electron chi connectivity index (χ3n) is 2.63. The highest BCUT2D eigenvalue weighted by Crippen LogP contribution is 2.37. The van der Waals surface area contributed by atoms with Crippen LogP contribution >= 0.6 is 23.2 Å². The summed E-state index contributed by atoms with van der Waals surface area (Å²) in [5.41, 5.74) is 6.78. The average Bonchev–Trinajstić information content (AvgIpc) is 2.37. The van der Waals surface area contributed by atoms with Gasteiger partial charge in [-0.2, -0.15) is 0 Å². The number of hydrogen-bond donors (Lipinski definition) is 1. The first-order valence-electron chi connectivity index (χ1n) is 5.70. The summed E-state index contributed by atoms with van der Waals surface area (Å²) in [4.78, 5) is 0. The van der Waals surface area contributed by atoms with Crippen molar-refractivity contribution in [3.63, 3.8) is 0 Å². The summed E-state index contributed by atoms with van der Waals surface area (Å²) < 4.78 is 18.8. The molecule has 0 bridgehead atoms. The number of rotatable bonds is 3. The van der Waals surface area contributed by atoms with Gasteiger partial charge in [-0.25, -0.2) is 4.39 Å². The molecule has 100 valence electrons. The van der Waals surface area contributed by atoms with Crippen LogP contribution in [0.4, 0.5) is 10.1 Å². The minimum absolute atomic E-state index is 0.0944. The van der Waals surface area contributed by atoms with Crippen LogP contribution in [0.15, 0.2) is 30.3 Å². The quantitative estimate of drug-likeness (QED) is 0.828. The van der Waals surface area contributed by atoms with Crippen LogP contribution in [-0.4, -0.2) is 6.61 Å². The van der Waals surface area contributed by atoms with Crippen molar-refractivity contribution < 1.29 is 9.13 Å². The SMILES string of the molecule is CCOc1cc(Cl)c(-c2ccc(N)c(F)c2)cc1Cl. The number of hydrogen-bond acceptors (Lipinski definition) is 2. The van der Waals surface area contributed by atoms with Gasteiger partial charge in [0.15, 0.2) is 0 Å². The fourth-order valence-corrected chi connectivity index (χ4v) is 2.19. The van der Waals surface area contributed by atoms with E-state index in [1.165, 1.54) is 12.1 Å². The molecule has 2 aromatic rings. The van der Waals surface area contributed by atoms with Crippen LogP contribution in [0.25, 0.3) is 11.1 Å². The summed E-state index contributed by atoms with van der Waals surface area (Å²) in [6.45, 7) is 2.35. The van der Waals surface area contributed by atoms with Crippen LogP contribution in [0, 0.1) is 5.82 Å². The lowest BCUT2D eigenvalue weighted by Crippen LogP contribution is -1.94. The molecular weight excluding hydrogens is 288 g/mol. The molecule has 0 heterocycles. The molecule has 5 heteroatoms. The van der Waals surface area contributed by atoms with E-state index in [0.29, 0.717) is 33.5 Å². The summed E-state index contributed by atoms with van der Waals surface area (Å²) in [5, 5.41) is 0.871. The lowest BCUT2D eigenvalue weighted by atomic mass is 10.0. The summed E-state index contributed by atoms with van der Waals surface area (Å²) in [6.07, 6.45) is 0. The number of anilines is 1. The van der Waals surface area contributed by atoms with E-state index >= 15 is 0 Å². The highest BCUT2D eigenvalue weighted by Gasteiger charge is 2.11. The third-order valence-corrected chi connectivity index (χ3v) is 3.24. The van der Waals surface area contributed by atoms with Crippen molar-refractivity contribution in [2.24, 2.45) is 0 Å². The van der Waals surface area contributed by atoms with Crippen molar-refractivity contribution in [1.82, 2.24) is 0 Å². The Labute approximate surface area is 120 Å². The molecule has 0 fully saturated rings.